The molecule has 0 aliphatic rings. The van der Waals surface area contributed by atoms with E-state index >= 15 is 0 Å². The SMILES string of the molecule is [CH2-]CCCCC(C)C.[OH-].[Ti+2]. The van der Waals surface area contributed by atoms with Gasteiger partial charge in [-0.1, -0.05) is 33.1 Å². The zero-order valence-corrected chi connectivity index (χ0v) is 8.62. The van der Waals surface area contributed by atoms with Gasteiger partial charge < -0.3 is 12.4 Å². The van der Waals surface area contributed by atoms with Crippen molar-refractivity contribution in [3.05, 3.63) is 6.92 Å². The Labute approximate surface area is 79.8 Å². The van der Waals surface area contributed by atoms with Gasteiger partial charge in [-0.15, -0.1) is 0 Å². The zero-order valence-electron chi connectivity index (χ0n) is 7.06. The van der Waals surface area contributed by atoms with Crippen molar-refractivity contribution < 1.29 is 27.2 Å². The van der Waals surface area contributed by atoms with Crippen molar-refractivity contribution in [1.82, 2.24) is 0 Å². The maximum absolute atomic E-state index is 3.78. The molecule has 0 unspecified atom stereocenters. The van der Waals surface area contributed by atoms with E-state index in [2.05, 4.69) is 20.8 Å². The first-order valence-electron chi connectivity index (χ1n) is 3.56. The molecule has 0 atom stereocenters. The molecule has 0 radical (unpaired) electrons. The molecule has 1 nitrogen and oxygen atoms in total. The van der Waals surface area contributed by atoms with Gasteiger partial charge in [-0.25, -0.2) is 0 Å². The van der Waals surface area contributed by atoms with E-state index in [0.717, 1.165) is 12.3 Å². The maximum atomic E-state index is 3.78. The summed E-state index contributed by atoms with van der Waals surface area (Å²) in [5, 5.41) is 0. The minimum absolute atomic E-state index is 0. The minimum atomic E-state index is 0. The van der Waals surface area contributed by atoms with Crippen LogP contribution >= 0.6 is 0 Å². The predicted octanol–water partition coefficient (Wildman–Crippen LogP) is 2.86. The molecular formula is C8H18OTi. The Balaban J connectivity index is -0.000000245. The molecular weight excluding hydrogens is 160 g/mol. The molecule has 0 aliphatic heterocycles. The largest absolute Gasteiger partial charge is 2.00 e. The van der Waals surface area contributed by atoms with E-state index in [0.29, 0.717) is 0 Å². The van der Waals surface area contributed by atoms with E-state index < -0.39 is 0 Å². The Morgan fingerprint density at radius 3 is 2.00 bits per heavy atom. The summed E-state index contributed by atoms with van der Waals surface area (Å²) >= 11 is 0. The van der Waals surface area contributed by atoms with E-state index in [9.17, 15) is 0 Å². The van der Waals surface area contributed by atoms with E-state index in [1.165, 1.54) is 19.3 Å². The van der Waals surface area contributed by atoms with E-state index in [1.807, 2.05) is 0 Å². The molecule has 0 saturated carbocycles. The number of unbranched alkanes of at least 4 members (excludes halogenated alkanes) is 2. The quantitative estimate of drug-likeness (QED) is 0.369. The molecule has 0 spiro atoms. The standard InChI is InChI=1S/C8H17.H2O.Ti/c1-4-5-6-7-8(2)3;;/h8H,1,4-7H2,2-3H3;1H2;/q-1;;+2/p-1. The molecule has 0 fully saturated rings. The van der Waals surface area contributed by atoms with Crippen LogP contribution in [-0.4, -0.2) is 5.48 Å². The fraction of sp³-hybridized carbons (Fsp3) is 0.875. The maximum Gasteiger partial charge on any atom is 2.00 e. The van der Waals surface area contributed by atoms with Gasteiger partial charge in [0.2, 0.25) is 0 Å². The number of hydrogen-bond acceptors (Lipinski definition) is 1. The van der Waals surface area contributed by atoms with Crippen LogP contribution in [-0.2, 0) is 21.7 Å². The van der Waals surface area contributed by atoms with Gasteiger partial charge in [0.05, 0.1) is 0 Å². The van der Waals surface area contributed by atoms with Gasteiger partial charge in [-0.2, -0.15) is 6.42 Å². The Hall–Kier alpha value is 0.674. The first-order valence-corrected chi connectivity index (χ1v) is 3.56. The van der Waals surface area contributed by atoms with E-state index in [4.69, 9.17) is 0 Å². The Morgan fingerprint density at radius 2 is 1.70 bits per heavy atom. The summed E-state index contributed by atoms with van der Waals surface area (Å²) in [6, 6.07) is 0. The molecule has 10 heavy (non-hydrogen) atoms. The number of rotatable bonds is 4. The molecule has 0 amide bonds. The van der Waals surface area contributed by atoms with Crippen LogP contribution < -0.4 is 0 Å². The molecule has 60 valence electrons. The van der Waals surface area contributed by atoms with Crippen LogP contribution in [0.4, 0.5) is 0 Å². The molecule has 0 rings (SSSR count). The van der Waals surface area contributed by atoms with E-state index in [-0.39, 0.29) is 27.2 Å². The molecule has 0 bridgehead atoms. The van der Waals surface area contributed by atoms with Crippen LogP contribution in [0.15, 0.2) is 0 Å². The van der Waals surface area contributed by atoms with Gasteiger partial charge in [0.25, 0.3) is 0 Å². The summed E-state index contributed by atoms with van der Waals surface area (Å²) in [5.74, 6) is 0.876. The normalized spacial score (nSPS) is 8.40. The van der Waals surface area contributed by atoms with Crippen LogP contribution in [0.5, 0.6) is 0 Å². The zero-order chi connectivity index (χ0) is 6.41. The number of hydrogen-bond donors (Lipinski definition) is 0. The average Bonchev–Trinajstić information content (AvgIpc) is 1.66. The fourth-order valence-corrected chi connectivity index (χ4v) is 0.729. The van der Waals surface area contributed by atoms with Gasteiger partial charge >= 0.3 is 21.7 Å². The first kappa shape index (κ1) is 17.0. The summed E-state index contributed by atoms with van der Waals surface area (Å²) < 4.78 is 0. The second kappa shape index (κ2) is 12.4. The topological polar surface area (TPSA) is 30.0 Å². The van der Waals surface area contributed by atoms with Crippen LogP contribution in [0, 0.1) is 12.8 Å². The molecule has 2 heteroatoms. The van der Waals surface area contributed by atoms with Gasteiger partial charge in [-0.05, 0) is 5.92 Å². The summed E-state index contributed by atoms with van der Waals surface area (Å²) in [7, 11) is 0. The molecule has 1 N–H and O–H groups in total. The van der Waals surface area contributed by atoms with Gasteiger partial charge in [0.1, 0.15) is 0 Å². The smallest absolute Gasteiger partial charge is 0.870 e. The van der Waals surface area contributed by atoms with Gasteiger partial charge in [0, 0.05) is 0 Å². The van der Waals surface area contributed by atoms with Crippen LogP contribution in [0.1, 0.15) is 39.5 Å². The molecule has 0 aliphatic carbocycles. The average molecular weight is 178 g/mol. The van der Waals surface area contributed by atoms with Crippen molar-refractivity contribution >= 4 is 0 Å². The second-order valence-corrected chi connectivity index (χ2v) is 2.74. The predicted molar refractivity (Wildman–Crippen MR) is 40.6 cm³/mol. The molecule has 0 saturated heterocycles. The van der Waals surface area contributed by atoms with Crippen molar-refractivity contribution in [3.8, 4) is 0 Å². The van der Waals surface area contributed by atoms with Crippen LogP contribution in [0.3, 0.4) is 0 Å². The Bertz CT molecular complexity index is 46.5. The van der Waals surface area contributed by atoms with Gasteiger partial charge in [-0.3, -0.25) is 0 Å². The monoisotopic (exact) mass is 178 g/mol. The second-order valence-electron chi connectivity index (χ2n) is 2.74. The fourth-order valence-electron chi connectivity index (χ4n) is 0.729. The third kappa shape index (κ3) is 15.9. The summed E-state index contributed by atoms with van der Waals surface area (Å²) in [6.07, 6.45) is 5.14. The first-order chi connectivity index (χ1) is 3.77. The molecule has 0 aromatic heterocycles. The van der Waals surface area contributed by atoms with Gasteiger partial charge in [0.15, 0.2) is 0 Å². The third-order valence-electron chi connectivity index (χ3n) is 1.28. The Kier molecular flexibility index (Phi) is 21.0. The summed E-state index contributed by atoms with van der Waals surface area (Å²) in [4.78, 5) is 0. The van der Waals surface area contributed by atoms with Crippen molar-refractivity contribution in [2.75, 3.05) is 0 Å². The van der Waals surface area contributed by atoms with Crippen molar-refractivity contribution in [2.24, 2.45) is 5.92 Å². The molecule has 0 aromatic rings. The third-order valence-corrected chi connectivity index (χ3v) is 1.28. The Morgan fingerprint density at radius 1 is 1.20 bits per heavy atom. The molecule has 0 heterocycles. The van der Waals surface area contributed by atoms with Crippen molar-refractivity contribution in [2.45, 2.75) is 39.5 Å². The summed E-state index contributed by atoms with van der Waals surface area (Å²) in [6.45, 7) is 8.32. The minimum Gasteiger partial charge on any atom is -0.870 e. The molecule has 0 aromatic carbocycles. The summed E-state index contributed by atoms with van der Waals surface area (Å²) in [5.41, 5.74) is 0. The van der Waals surface area contributed by atoms with Crippen molar-refractivity contribution in [1.29, 1.82) is 0 Å². The van der Waals surface area contributed by atoms with Crippen molar-refractivity contribution in [3.63, 3.8) is 0 Å². The van der Waals surface area contributed by atoms with E-state index in [1.54, 1.807) is 0 Å². The van der Waals surface area contributed by atoms with Crippen LogP contribution in [0.2, 0.25) is 0 Å². The van der Waals surface area contributed by atoms with Crippen LogP contribution in [0.25, 0.3) is 0 Å².